The van der Waals surface area contributed by atoms with Crippen molar-refractivity contribution in [3.8, 4) is 0 Å². The van der Waals surface area contributed by atoms with E-state index in [1.165, 1.54) is 0 Å². The maximum absolute atomic E-state index is 11.7. The Labute approximate surface area is 140 Å². The van der Waals surface area contributed by atoms with Crippen molar-refractivity contribution in [3.05, 3.63) is 0 Å². The van der Waals surface area contributed by atoms with Crippen molar-refractivity contribution in [2.24, 2.45) is 16.3 Å². The first-order valence-corrected chi connectivity index (χ1v) is 7.01. The number of hydrogen-bond acceptors (Lipinski definition) is 2. The molecule has 0 bridgehead atoms. The maximum Gasteiger partial charge on any atom is 0.227 e. The predicted molar refractivity (Wildman–Crippen MR) is 96.7 cm³/mol. The van der Waals surface area contributed by atoms with E-state index >= 15 is 0 Å². The van der Waals surface area contributed by atoms with Gasteiger partial charge in [-0.2, -0.15) is 0 Å². The minimum absolute atomic E-state index is 0. The molecule has 0 spiro atoms. The first-order chi connectivity index (χ1) is 8.74. The summed E-state index contributed by atoms with van der Waals surface area (Å²) >= 11 is 0. The fourth-order valence-electron chi connectivity index (χ4n) is 1.39. The van der Waals surface area contributed by atoms with E-state index in [1.807, 2.05) is 20.8 Å². The zero-order valence-corrected chi connectivity index (χ0v) is 16.2. The molecule has 6 heteroatoms. The normalized spacial score (nSPS) is 13.5. The molecule has 0 aliphatic heterocycles. The standard InChI is InChI=1S/C14H30N4O.HI/c1-8-16-13(18-11(4)10(2)3)17-9-14(5,6)12(19)15-7;/h10-11H,8-9H2,1-7H3,(H,15,19)(H2,16,17,18);1H. The summed E-state index contributed by atoms with van der Waals surface area (Å²) < 4.78 is 0. The van der Waals surface area contributed by atoms with Crippen LogP contribution in [0.2, 0.25) is 0 Å². The average Bonchev–Trinajstić information content (AvgIpc) is 2.34. The van der Waals surface area contributed by atoms with E-state index in [0.29, 0.717) is 18.5 Å². The molecule has 0 radical (unpaired) electrons. The second kappa shape index (κ2) is 10.2. The van der Waals surface area contributed by atoms with Crippen molar-refractivity contribution in [3.63, 3.8) is 0 Å². The largest absolute Gasteiger partial charge is 0.359 e. The van der Waals surface area contributed by atoms with Gasteiger partial charge in [0, 0.05) is 19.6 Å². The summed E-state index contributed by atoms with van der Waals surface area (Å²) in [6.07, 6.45) is 0. The minimum atomic E-state index is -0.502. The van der Waals surface area contributed by atoms with Crippen molar-refractivity contribution in [2.45, 2.75) is 47.6 Å². The van der Waals surface area contributed by atoms with Gasteiger partial charge in [0.25, 0.3) is 0 Å². The molecule has 0 aromatic heterocycles. The van der Waals surface area contributed by atoms with Crippen LogP contribution in [0.5, 0.6) is 0 Å². The van der Waals surface area contributed by atoms with Crippen molar-refractivity contribution in [1.82, 2.24) is 16.0 Å². The van der Waals surface area contributed by atoms with Gasteiger partial charge >= 0.3 is 0 Å². The molecule has 0 aromatic carbocycles. The summed E-state index contributed by atoms with van der Waals surface area (Å²) in [7, 11) is 1.65. The molecule has 0 saturated carbocycles. The SMILES string of the molecule is CCNC(=NCC(C)(C)C(=O)NC)NC(C)C(C)C.I. The van der Waals surface area contributed by atoms with Crippen LogP contribution in [0.1, 0.15) is 41.5 Å². The van der Waals surface area contributed by atoms with Crippen LogP contribution in [-0.4, -0.2) is 38.0 Å². The molecule has 1 amide bonds. The van der Waals surface area contributed by atoms with Crippen LogP contribution in [0.4, 0.5) is 0 Å². The average molecular weight is 398 g/mol. The summed E-state index contributed by atoms with van der Waals surface area (Å²) in [5, 5.41) is 9.23. The molecule has 5 nitrogen and oxygen atoms in total. The molecule has 3 N–H and O–H groups in total. The number of carbonyl (C=O) groups excluding carboxylic acids is 1. The molecule has 0 heterocycles. The van der Waals surface area contributed by atoms with Crippen molar-refractivity contribution in [1.29, 1.82) is 0 Å². The third-order valence-corrected chi connectivity index (χ3v) is 3.18. The van der Waals surface area contributed by atoms with E-state index in [2.05, 4.69) is 41.7 Å². The molecule has 1 unspecified atom stereocenters. The van der Waals surface area contributed by atoms with Crippen LogP contribution in [-0.2, 0) is 4.79 Å². The van der Waals surface area contributed by atoms with E-state index in [9.17, 15) is 4.79 Å². The van der Waals surface area contributed by atoms with Gasteiger partial charge in [-0.1, -0.05) is 13.8 Å². The van der Waals surface area contributed by atoms with Crippen molar-refractivity contribution >= 4 is 35.8 Å². The lowest BCUT2D eigenvalue weighted by Gasteiger charge is -2.23. The van der Waals surface area contributed by atoms with Gasteiger partial charge in [-0.25, -0.2) is 0 Å². The highest BCUT2D eigenvalue weighted by Gasteiger charge is 2.26. The second-order valence-electron chi connectivity index (χ2n) is 5.84. The molecule has 20 heavy (non-hydrogen) atoms. The number of guanidine groups is 1. The molecule has 0 rings (SSSR count). The molecule has 0 aliphatic carbocycles. The predicted octanol–water partition coefficient (Wildman–Crippen LogP) is 1.98. The van der Waals surface area contributed by atoms with Gasteiger partial charge in [0.2, 0.25) is 5.91 Å². The lowest BCUT2D eigenvalue weighted by Crippen LogP contribution is -2.45. The molecular weight excluding hydrogens is 367 g/mol. The molecule has 0 aliphatic rings. The molecule has 0 fully saturated rings. The van der Waals surface area contributed by atoms with Crippen LogP contribution < -0.4 is 16.0 Å². The zero-order chi connectivity index (χ0) is 15.1. The summed E-state index contributed by atoms with van der Waals surface area (Å²) in [4.78, 5) is 16.2. The number of amides is 1. The molecule has 0 saturated heterocycles. The first kappa shape index (κ1) is 21.8. The van der Waals surface area contributed by atoms with Crippen LogP contribution >= 0.6 is 24.0 Å². The van der Waals surface area contributed by atoms with Crippen molar-refractivity contribution < 1.29 is 4.79 Å². The number of nitrogens with one attached hydrogen (secondary N) is 3. The highest BCUT2D eigenvalue weighted by atomic mass is 127. The number of carbonyl (C=O) groups is 1. The van der Waals surface area contributed by atoms with E-state index in [0.717, 1.165) is 12.5 Å². The molecule has 0 aromatic rings. The smallest absolute Gasteiger partial charge is 0.227 e. The van der Waals surface area contributed by atoms with E-state index in [1.54, 1.807) is 7.05 Å². The third-order valence-electron chi connectivity index (χ3n) is 3.18. The Morgan fingerprint density at radius 3 is 2.20 bits per heavy atom. The van der Waals surface area contributed by atoms with Gasteiger partial charge in [-0.15, -0.1) is 24.0 Å². The quantitative estimate of drug-likeness (QED) is 0.364. The van der Waals surface area contributed by atoms with Gasteiger partial charge in [-0.3, -0.25) is 9.79 Å². The van der Waals surface area contributed by atoms with Gasteiger partial charge in [0.1, 0.15) is 0 Å². The third kappa shape index (κ3) is 7.91. The van der Waals surface area contributed by atoms with Gasteiger partial charge in [-0.05, 0) is 33.6 Å². The Morgan fingerprint density at radius 2 is 1.80 bits per heavy atom. The number of aliphatic imine (C=N–C) groups is 1. The molecule has 1 atom stereocenters. The van der Waals surface area contributed by atoms with Gasteiger partial charge < -0.3 is 16.0 Å². The highest BCUT2D eigenvalue weighted by molar-refractivity contribution is 14.0. The highest BCUT2D eigenvalue weighted by Crippen LogP contribution is 2.15. The molecular formula is C14H31IN4O. The Balaban J connectivity index is 0. The van der Waals surface area contributed by atoms with Crippen LogP contribution in [0, 0.1) is 11.3 Å². The lowest BCUT2D eigenvalue weighted by atomic mass is 9.93. The lowest BCUT2D eigenvalue weighted by molar-refractivity contribution is -0.128. The van der Waals surface area contributed by atoms with Gasteiger partial charge in [0.05, 0.1) is 12.0 Å². The van der Waals surface area contributed by atoms with Gasteiger partial charge in [0.15, 0.2) is 5.96 Å². The maximum atomic E-state index is 11.7. The fraction of sp³-hybridized carbons (Fsp3) is 0.857. The van der Waals surface area contributed by atoms with E-state index < -0.39 is 5.41 Å². The van der Waals surface area contributed by atoms with Crippen LogP contribution in [0.15, 0.2) is 4.99 Å². The topological polar surface area (TPSA) is 65.5 Å². The summed E-state index contributed by atoms with van der Waals surface area (Å²) in [6, 6.07) is 0.334. The Hall–Kier alpha value is -0.530. The number of halogens is 1. The Bertz CT molecular complexity index is 316. The fourth-order valence-corrected chi connectivity index (χ4v) is 1.39. The summed E-state index contributed by atoms with van der Waals surface area (Å²) in [5.41, 5.74) is -0.502. The second-order valence-corrected chi connectivity index (χ2v) is 5.84. The Morgan fingerprint density at radius 1 is 1.25 bits per heavy atom. The van der Waals surface area contributed by atoms with E-state index in [4.69, 9.17) is 0 Å². The van der Waals surface area contributed by atoms with E-state index in [-0.39, 0.29) is 29.9 Å². The number of hydrogen-bond donors (Lipinski definition) is 3. The first-order valence-electron chi connectivity index (χ1n) is 7.01. The van der Waals surface area contributed by atoms with Crippen LogP contribution in [0.25, 0.3) is 0 Å². The Kier molecular flexibility index (Phi) is 11.1. The summed E-state index contributed by atoms with van der Waals surface area (Å²) in [5.74, 6) is 1.29. The zero-order valence-electron chi connectivity index (χ0n) is 13.8. The summed E-state index contributed by atoms with van der Waals surface area (Å²) in [6.45, 7) is 13.5. The van der Waals surface area contributed by atoms with Crippen molar-refractivity contribution in [2.75, 3.05) is 20.1 Å². The number of nitrogens with zero attached hydrogens (tertiary/aromatic N) is 1. The minimum Gasteiger partial charge on any atom is -0.359 e. The van der Waals surface area contributed by atoms with Crippen LogP contribution in [0.3, 0.4) is 0 Å². The monoisotopic (exact) mass is 398 g/mol. The molecule has 120 valence electrons. The number of rotatable bonds is 6.